The molecule has 0 aliphatic heterocycles. The third-order valence-corrected chi connectivity index (χ3v) is 4.52. The topological polar surface area (TPSA) is 124 Å². The Hall–Kier alpha value is -3.78. The maximum Gasteiger partial charge on any atom is 0.392 e. The fourth-order valence-corrected chi connectivity index (χ4v) is 2.70. The number of alkyl halides is 5. The predicted molar refractivity (Wildman–Crippen MR) is 104 cm³/mol. The summed E-state index contributed by atoms with van der Waals surface area (Å²) in [6.07, 6.45) is -4.00. The Morgan fingerprint density at radius 2 is 2.00 bits per heavy atom. The highest BCUT2D eigenvalue weighted by Gasteiger charge is 2.37. The van der Waals surface area contributed by atoms with E-state index in [-0.39, 0.29) is 24.5 Å². The maximum atomic E-state index is 12.6. The first kappa shape index (κ1) is 24.9. The average Bonchev–Trinajstić information content (AvgIpc) is 3.40. The number of carbonyl (C=O) groups is 2. The van der Waals surface area contributed by atoms with E-state index in [0.717, 1.165) is 13.2 Å². The number of amides is 2. The molecule has 184 valence electrons. The molecule has 3 heterocycles. The van der Waals surface area contributed by atoms with Gasteiger partial charge in [-0.3, -0.25) is 9.59 Å². The molecule has 0 saturated heterocycles. The van der Waals surface area contributed by atoms with E-state index in [4.69, 9.17) is 4.74 Å². The Bertz CT molecular complexity index is 1150. The van der Waals surface area contributed by atoms with Crippen molar-refractivity contribution >= 4 is 17.5 Å². The number of nitrogens with zero attached hydrogens (tertiary/aromatic N) is 4. The zero-order chi connectivity index (χ0) is 24.9. The second-order valence-electron chi connectivity index (χ2n) is 7.24. The lowest BCUT2D eigenvalue weighted by atomic mass is 10.1. The van der Waals surface area contributed by atoms with Crippen LogP contribution in [0, 0.1) is 5.92 Å². The van der Waals surface area contributed by atoms with Gasteiger partial charge in [0.2, 0.25) is 5.91 Å². The van der Waals surface area contributed by atoms with Gasteiger partial charge in [-0.25, -0.2) is 18.3 Å². The molecule has 0 saturated carbocycles. The van der Waals surface area contributed by atoms with Crippen LogP contribution in [0.15, 0.2) is 29.2 Å². The van der Waals surface area contributed by atoms with Crippen molar-refractivity contribution in [2.45, 2.75) is 39.0 Å². The summed E-state index contributed by atoms with van der Waals surface area (Å²) in [6, 6.07) is 1.57. The molecule has 10 nitrogen and oxygen atoms in total. The van der Waals surface area contributed by atoms with Crippen molar-refractivity contribution < 1.29 is 40.8 Å². The lowest BCUT2D eigenvalue weighted by Gasteiger charge is -2.14. The number of carbonyl (C=O) groups excluding carboxylic acids is 2. The summed E-state index contributed by atoms with van der Waals surface area (Å²) in [7, 11) is 0. The number of halogens is 5. The molecular formula is C19H19F5N6O4. The molecule has 2 N–H and O–H groups in total. The van der Waals surface area contributed by atoms with Crippen LogP contribution in [0.5, 0.6) is 5.88 Å². The summed E-state index contributed by atoms with van der Waals surface area (Å²) < 4.78 is 72.9. The summed E-state index contributed by atoms with van der Waals surface area (Å²) >= 11 is 0. The minimum Gasteiger partial charge on any atom is -0.469 e. The van der Waals surface area contributed by atoms with Crippen LogP contribution in [0.2, 0.25) is 0 Å². The molecule has 0 bridgehead atoms. The van der Waals surface area contributed by atoms with E-state index in [1.165, 1.54) is 16.9 Å². The van der Waals surface area contributed by atoms with Crippen molar-refractivity contribution in [3.05, 3.63) is 41.5 Å². The number of hydrogen-bond acceptors (Lipinski definition) is 7. The molecule has 0 aliphatic rings. The summed E-state index contributed by atoms with van der Waals surface area (Å²) in [5, 5.41) is 12.4. The van der Waals surface area contributed by atoms with Crippen LogP contribution in [-0.4, -0.2) is 50.8 Å². The Kier molecular flexibility index (Phi) is 7.63. The van der Waals surface area contributed by atoms with E-state index in [1.54, 1.807) is 6.07 Å². The number of nitrogens with one attached hydrogen (secondary N) is 2. The molecule has 3 rings (SSSR count). The van der Waals surface area contributed by atoms with Gasteiger partial charge in [-0.05, 0) is 16.8 Å². The SMILES string of the molecule is C[C@H](CC(=O)NCc1cnn2cc(CNC(=O)c3conc3OCC(F)F)nc2c1)C(F)(F)F. The Morgan fingerprint density at radius 3 is 2.71 bits per heavy atom. The highest BCUT2D eigenvalue weighted by atomic mass is 19.4. The number of imidazole rings is 1. The molecule has 3 aromatic heterocycles. The molecule has 0 fully saturated rings. The second kappa shape index (κ2) is 10.4. The molecule has 0 aliphatic carbocycles. The minimum absolute atomic E-state index is 0.0409. The molecular weight excluding hydrogens is 471 g/mol. The standard InChI is InChI=1S/C19H19F5N6O4/c1-10(19(22,23)24)2-16(31)25-4-11-3-15-28-12(7-30(15)27-5-11)6-26-17(32)13-8-34-29-18(13)33-9-14(20)21/h3,5,7-8,10,14H,2,4,6,9H2,1H3,(H,25,31)(H,26,32)/t10-/m1/s1. The number of hydrogen-bond donors (Lipinski definition) is 2. The van der Waals surface area contributed by atoms with Gasteiger partial charge in [0.15, 0.2) is 12.3 Å². The van der Waals surface area contributed by atoms with E-state index in [0.29, 0.717) is 16.9 Å². The fourth-order valence-electron chi connectivity index (χ4n) is 2.70. The van der Waals surface area contributed by atoms with Crippen molar-refractivity contribution in [2.75, 3.05) is 6.61 Å². The van der Waals surface area contributed by atoms with Gasteiger partial charge < -0.3 is 19.9 Å². The lowest BCUT2D eigenvalue weighted by Crippen LogP contribution is -2.29. The van der Waals surface area contributed by atoms with Gasteiger partial charge in [-0.15, -0.1) is 0 Å². The third-order valence-electron chi connectivity index (χ3n) is 4.52. The normalized spacial score (nSPS) is 12.7. The number of rotatable bonds is 10. The largest absolute Gasteiger partial charge is 0.469 e. The van der Waals surface area contributed by atoms with E-state index in [2.05, 4.69) is 30.4 Å². The predicted octanol–water partition coefficient (Wildman–Crippen LogP) is 2.50. The molecule has 0 unspecified atom stereocenters. The first-order valence-electron chi connectivity index (χ1n) is 9.83. The average molecular weight is 490 g/mol. The van der Waals surface area contributed by atoms with Gasteiger partial charge in [-0.1, -0.05) is 6.92 Å². The molecule has 0 spiro atoms. The van der Waals surface area contributed by atoms with Gasteiger partial charge >= 0.3 is 6.18 Å². The first-order valence-corrected chi connectivity index (χ1v) is 9.83. The molecule has 0 aromatic carbocycles. The van der Waals surface area contributed by atoms with Crippen molar-refractivity contribution in [2.24, 2.45) is 5.92 Å². The van der Waals surface area contributed by atoms with Gasteiger partial charge in [0.1, 0.15) is 11.8 Å². The summed E-state index contributed by atoms with van der Waals surface area (Å²) in [6.45, 7) is -0.114. The van der Waals surface area contributed by atoms with Crippen LogP contribution in [0.4, 0.5) is 22.0 Å². The zero-order valence-corrected chi connectivity index (χ0v) is 17.6. The molecule has 34 heavy (non-hydrogen) atoms. The maximum absolute atomic E-state index is 12.6. The van der Waals surface area contributed by atoms with Crippen LogP contribution in [0.1, 0.15) is 35.0 Å². The molecule has 1 atom stereocenters. The molecule has 15 heteroatoms. The quantitative estimate of drug-likeness (QED) is 0.419. The van der Waals surface area contributed by atoms with Crippen molar-refractivity contribution in [3.8, 4) is 5.88 Å². The lowest BCUT2D eigenvalue weighted by molar-refractivity contribution is -0.174. The molecule has 2 amide bonds. The number of aromatic nitrogens is 4. The third kappa shape index (κ3) is 6.62. The number of ether oxygens (including phenoxy) is 1. The highest BCUT2D eigenvalue weighted by Crippen LogP contribution is 2.28. The number of fused-ring (bicyclic) bond motifs is 1. The Balaban J connectivity index is 1.56. The Labute approximate surface area is 188 Å². The van der Waals surface area contributed by atoms with Gasteiger partial charge in [0.25, 0.3) is 18.2 Å². The van der Waals surface area contributed by atoms with Crippen LogP contribution in [-0.2, 0) is 17.9 Å². The summed E-state index contributed by atoms with van der Waals surface area (Å²) in [5.74, 6) is -3.57. The van der Waals surface area contributed by atoms with E-state index in [1.807, 2.05) is 0 Å². The van der Waals surface area contributed by atoms with Crippen LogP contribution in [0.25, 0.3) is 5.65 Å². The first-order chi connectivity index (χ1) is 16.0. The molecule has 3 aromatic rings. The monoisotopic (exact) mass is 490 g/mol. The fraction of sp³-hybridized carbons (Fsp3) is 0.421. The van der Waals surface area contributed by atoms with Gasteiger partial charge in [0.05, 0.1) is 30.6 Å². The van der Waals surface area contributed by atoms with Crippen LogP contribution < -0.4 is 15.4 Å². The minimum atomic E-state index is -4.45. The zero-order valence-electron chi connectivity index (χ0n) is 17.6. The highest BCUT2D eigenvalue weighted by molar-refractivity contribution is 5.95. The van der Waals surface area contributed by atoms with E-state index >= 15 is 0 Å². The summed E-state index contributed by atoms with van der Waals surface area (Å²) in [4.78, 5) is 28.3. The summed E-state index contributed by atoms with van der Waals surface area (Å²) in [5.41, 5.74) is 1.10. The van der Waals surface area contributed by atoms with Gasteiger partial charge in [-0.2, -0.15) is 18.3 Å². The van der Waals surface area contributed by atoms with Gasteiger partial charge in [0, 0.05) is 13.0 Å². The molecule has 0 radical (unpaired) electrons. The Morgan fingerprint density at radius 1 is 1.24 bits per heavy atom. The van der Waals surface area contributed by atoms with Crippen LogP contribution in [0.3, 0.4) is 0 Å². The van der Waals surface area contributed by atoms with Crippen LogP contribution >= 0.6 is 0 Å². The second-order valence-corrected chi connectivity index (χ2v) is 7.24. The smallest absolute Gasteiger partial charge is 0.392 e. The van der Waals surface area contributed by atoms with Crippen molar-refractivity contribution in [1.29, 1.82) is 0 Å². The van der Waals surface area contributed by atoms with Crippen molar-refractivity contribution in [1.82, 2.24) is 30.4 Å². The van der Waals surface area contributed by atoms with E-state index < -0.39 is 43.4 Å². The van der Waals surface area contributed by atoms with E-state index in [9.17, 15) is 31.5 Å². The van der Waals surface area contributed by atoms with Crippen molar-refractivity contribution in [3.63, 3.8) is 0 Å².